The Labute approximate surface area is 291 Å². The third-order valence-corrected chi connectivity index (χ3v) is 10.2. The fraction of sp³-hybridized carbons (Fsp3) is 0.447. The Morgan fingerprint density at radius 3 is 2.31 bits per heavy atom. The highest BCUT2D eigenvalue weighted by atomic mass is 35.5. The van der Waals surface area contributed by atoms with Crippen LogP contribution in [0.15, 0.2) is 66.7 Å². The predicted octanol–water partition coefficient (Wildman–Crippen LogP) is 6.24. The number of ether oxygens (including phenoxy) is 1. The zero-order chi connectivity index (χ0) is 35.1. The van der Waals surface area contributed by atoms with Crippen LogP contribution in [0.2, 0.25) is 5.02 Å². The van der Waals surface area contributed by atoms with Gasteiger partial charge in [-0.2, -0.15) is 0 Å². The van der Waals surface area contributed by atoms with E-state index in [-0.39, 0.29) is 24.7 Å². The van der Waals surface area contributed by atoms with Crippen LogP contribution in [0.4, 0.5) is 4.79 Å². The van der Waals surface area contributed by atoms with Gasteiger partial charge in [0.05, 0.1) is 6.04 Å². The number of hydrogen-bond acceptors (Lipinski definition) is 6. The summed E-state index contributed by atoms with van der Waals surface area (Å²) in [4.78, 5) is 64.4. The van der Waals surface area contributed by atoms with Gasteiger partial charge in [-0.1, -0.05) is 106 Å². The SMILES string of the molecule is CC(C)(c1cccc(Cl)c1)C(OC(=O)N[C@@H](CC1CCCCC1)C(=O)N[C@@H](C[C@@H]1CCNC1=O)C(=O)C(=O)O)c1ccc2ccccc2c1. The number of rotatable bonds is 13. The lowest BCUT2D eigenvalue weighted by Gasteiger charge is -2.35. The van der Waals surface area contributed by atoms with Crippen molar-refractivity contribution in [2.24, 2.45) is 11.8 Å². The Morgan fingerprint density at radius 2 is 1.63 bits per heavy atom. The summed E-state index contributed by atoms with van der Waals surface area (Å²) < 4.78 is 6.24. The number of halogens is 1. The van der Waals surface area contributed by atoms with E-state index in [0.29, 0.717) is 18.0 Å². The van der Waals surface area contributed by atoms with Crippen LogP contribution in [0.1, 0.15) is 82.4 Å². The molecule has 1 aliphatic heterocycles. The normalized spacial score (nSPS) is 18.6. The molecule has 260 valence electrons. The maximum absolute atomic E-state index is 13.9. The van der Waals surface area contributed by atoms with E-state index in [1.807, 2.05) is 74.5 Å². The number of amides is 3. The molecule has 1 unspecified atom stereocenters. The van der Waals surface area contributed by atoms with E-state index >= 15 is 0 Å². The number of benzene rings is 3. The molecule has 2 aliphatic rings. The van der Waals surface area contributed by atoms with Gasteiger partial charge in [-0.25, -0.2) is 9.59 Å². The van der Waals surface area contributed by atoms with Crippen LogP contribution in [0.25, 0.3) is 10.8 Å². The Morgan fingerprint density at radius 1 is 0.898 bits per heavy atom. The van der Waals surface area contributed by atoms with Gasteiger partial charge in [0.1, 0.15) is 12.1 Å². The topological polar surface area (TPSA) is 151 Å². The first-order valence-electron chi connectivity index (χ1n) is 17.0. The monoisotopic (exact) mass is 689 g/mol. The number of Topliss-reactive ketones (excluding diaryl/α,β-unsaturated/α-hetero) is 1. The highest BCUT2D eigenvalue weighted by Gasteiger charge is 2.39. The molecule has 0 spiro atoms. The van der Waals surface area contributed by atoms with Crippen molar-refractivity contribution < 1.29 is 33.8 Å². The highest BCUT2D eigenvalue weighted by Crippen LogP contribution is 2.41. The minimum atomic E-state index is -1.71. The Kier molecular flexibility index (Phi) is 11.6. The van der Waals surface area contributed by atoms with E-state index < -0.39 is 53.3 Å². The molecule has 2 fully saturated rings. The lowest BCUT2D eigenvalue weighted by atomic mass is 9.76. The molecule has 5 rings (SSSR count). The molecule has 3 aromatic carbocycles. The average Bonchev–Trinajstić information content (AvgIpc) is 3.50. The molecule has 1 heterocycles. The van der Waals surface area contributed by atoms with Crippen LogP contribution in [0, 0.1) is 11.8 Å². The van der Waals surface area contributed by atoms with Gasteiger partial charge in [0.15, 0.2) is 0 Å². The number of carboxylic acids is 1. The zero-order valence-corrected chi connectivity index (χ0v) is 28.6. The molecular formula is C38H44ClN3O7. The van der Waals surface area contributed by atoms with Crippen LogP contribution < -0.4 is 16.0 Å². The zero-order valence-electron chi connectivity index (χ0n) is 27.9. The van der Waals surface area contributed by atoms with Crippen molar-refractivity contribution in [1.29, 1.82) is 0 Å². The standard InChI is InChI=1S/C38H44ClN3O7/c1-38(2,28-13-8-14-29(39)22-28)33(26-16-15-24-11-6-7-12-25(24)20-26)49-37(48)42-31(19-23-9-4-3-5-10-23)35(45)41-30(32(43)36(46)47)21-27-17-18-40-34(27)44/h6-8,11-16,20,22-23,27,30-31,33H,3-5,9-10,17-19,21H2,1-2H3,(H,40,44)(H,41,45)(H,42,48)(H,46,47)/t27-,30-,31-,33?/m0/s1. The van der Waals surface area contributed by atoms with E-state index in [2.05, 4.69) is 16.0 Å². The molecule has 4 atom stereocenters. The summed E-state index contributed by atoms with van der Waals surface area (Å²) in [6.07, 6.45) is 3.76. The van der Waals surface area contributed by atoms with Crippen molar-refractivity contribution >= 4 is 52.0 Å². The lowest BCUT2D eigenvalue weighted by molar-refractivity contribution is -0.151. The Hall–Kier alpha value is -4.44. The average molecular weight is 690 g/mol. The number of carbonyl (C=O) groups excluding carboxylic acids is 4. The fourth-order valence-corrected chi connectivity index (χ4v) is 7.31. The molecule has 0 radical (unpaired) electrons. The van der Waals surface area contributed by atoms with Gasteiger partial charge in [-0.05, 0) is 65.3 Å². The summed E-state index contributed by atoms with van der Waals surface area (Å²) in [5, 5.41) is 20.1. The molecule has 11 heteroatoms. The van der Waals surface area contributed by atoms with Crippen LogP contribution in [0.5, 0.6) is 0 Å². The summed E-state index contributed by atoms with van der Waals surface area (Å²) in [5.74, 6) is -4.39. The van der Waals surface area contributed by atoms with Gasteiger partial charge < -0.3 is 25.8 Å². The van der Waals surface area contributed by atoms with Gasteiger partial charge in [-0.3, -0.25) is 14.4 Å². The third kappa shape index (κ3) is 8.97. The van der Waals surface area contributed by atoms with Gasteiger partial charge in [0.25, 0.3) is 5.78 Å². The highest BCUT2D eigenvalue weighted by molar-refractivity contribution is 6.35. The second kappa shape index (κ2) is 15.8. The van der Waals surface area contributed by atoms with E-state index in [4.69, 9.17) is 16.3 Å². The number of nitrogens with one attached hydrogen (secondary N) is 3. The molecule has 1 aliphatic carbocycles. The fourth-order valence-electron chi connectivity index (χ4n) is 7.12. The van der Waals surface area contributed by atoms with E-state index in [9.17, 15) is 29.1 Å². The quantitative estimate of drug-likeness (QED) is 0.155. The number of alkyl carbamates (subject to hydrolysis) is 1. The first kappa shape index (κ1) is 35.9. The molecule has 1 saturated heterocycles. The second-order valence-corrected chi connectivity index (χ2v) is 14.2. The summed E-state index contributed by atoms with van der Waals surface area (Å²) >= 11 is 6.38. The molecule has 49 heavy (non-hydrogen) atoms. The molecule has 3 aromatic rings. The van der Waals surface area contributed by atoms with Gasteiger partial charge in [0.2, 0.25) is 11.8 Å². The number of ketones is 1. The third-order valence-electron chi connectivity index (χ3n) is 9.95. The first-order chi connectivity index (χ1) is 23.4. The molecule has 1 saturated carbocycles. The summed E-state index contributed by atoms with van der Waals surface area (Å²) in [7, 11) is 0. The Bertz CT molecular complexity index is 1700. The minimum absolute atomic E-state index is 0.137. The molecule has 10 nitrogen and oxygen atoms in total. The molecule has 0 aromatic heterocycles. The van der Waals surface area contributed by atoms with Crippen LogP contribution in [-0.4, -0.2) is 53.4 Å². The number of hydrogen-bond donors (Lipinski definition) is 4. The maximum Gasteiger partial charge on any atom is 0.408 e. The van der Waals surface area contributed by atoms with E-state index in [0.717, 1.165) is 54.0 Å². The summed E-state index contributed by atoms with van der Waals surface area (Å²) in [5.41, 5.74) is 0.814. The van der Waals surface area contributed by atoms with E-state index in [1.54, 1.807) is 6.07 Å². The van der Waals surface area contributed by atoms with Crippen molar-refractivity contribution in [3.05, 3.63) is 82.9 Å². The summed E-state index contributed by atoms with van der Waals surface area (Å²) in [6, 6.07) is 18.6. The molecule has 4 N–H and O–H groups in total. The Balaban J connectivity index is 1.42. The largest absolute Gasteiger partial charge is 0.475 e. The van der Waals surface area contributed by atoms with Crippen molar-refractivity contribution in [1.82, 2.24) is 16.0 Å². The number of carbonyl (C=O) groups is 5. The second-order valence-electron chi connectivity index (χ2n) is 13.8. The van der Waals surface area contributed by atoms with Gasteiger partial charge >= 0.3 is 12.1 Å². The van der Waals surface area contributed by atoms with Crippen molar-refractivity contribution in [3.8, 4) is 0 Å². The molecular weight excluding hydrogens is 646 g/mol. The van der Waals surface area contributed by atoms with Crippen molar-refractivity contribution in [3.63, 3.8) is 0 Å². The van der Waals surface area contributed by atoms with Gasteiger partial charge in [-0.15, -0.1) is 0 Å². The lowest BCUT2D eigenvalue weighted by Crippen LogP contribution is -2.54. The molecule has 3 amide bonds. The van der Waals surface area contributed by atoms with Crippen molar-refractivity contribution in [2.75, 3.05) is 6.54 Å². The number of carboxylic acid groups (broad SMARTS) is 1. The minimum Gasteiger partial charge on any atom is -0.475 e. The number of aliphatic carboxylic acids is 1. The van der Waals surface area contributed by atoms with Gasteiger partial charge in [0, 0.05) is 22.9 Å². The van der Waals surface area contributed by atoms with Crippen LogP contribution in [-0.2, 0) is 29.3 Å². The van der Waals surface area contributed by atoms with E-state index in [1.165, 1.54) is 0 Å². The van der Waals surface area contributed by atoms with Crippen molar-refractivity contribution in [2.45, 2.75) is 88.8 Å². The maximum atomic E-state index is 13.9. The predicted molar refractivity (Wildman–Crippen MR) is 186 cm³/mol. The summed E-state index contributed by atoms with van der Waals surface area (Å²) in [6.45, 7) is 4.33. The first-order valence-corrected chi connectivity index (χ1v) is 17.4. The smallest absolute Gasteiger partial charge is 0.408 e. The van der Waals surface area contributed by atoms with Crippen LogP contribution in [0.3, 0.4) is 0 Å². The number of fused-ring (bicyclic) bond motifs is 1. The van der Waals surface area contributed by atoms with Crippen LogP contribution >= 0.6 is 11.6 Å². The molecule has 0 bridgehead atoms.